The molecule has 3 heteroatoms. The predicted octanol–water partition coefficient (Wildman–Crippen LogP) is 2.26. The molecule has 0 radical (unpaired) electrons. The zero-order chi connectivity index (χ0) is 12.7. The van der Waals surface area contributed by atoms with E-state index in [0.29, 0.717) is 13.0 Å². The second kappa shape index (κ2) is 4.23. The maximum atomic E-state index is 11.8. The number of carbonyl (C=O) groups excluding carboxylic acids is 2. The minimum Gasteiger partial charge on any atom is -0.461 e. The Morgan fingerprint density at radius 2 is 2.06 bits per heavy atom. The van der Waals surface area contributed by atoms with Crippen molar-refractivity contribution in [2.24, 2.45) is 17.8 Å². The first kappa shape index (κ1) is 11.5. The molecule has 0 heterocycles. The predicted molar refractivity (Wildman–Crippen MR) is 65.7 cm³/mol. The molecular weight excluding hydrogens is 228 g/mol. The quantitative estimate of drug-likeness (QED) is 0.766. The number of esters is 1. The summed E-state index contributed by atoms with van der Waals surface area (Å²) < 4.78 is 5.29. The summed E-state index contributed by atoms with van der Waals surface area (Å²) in [5.74, 6) is 0.172. The second-order valence-corrected chi connectivity index (χ2v) is 5.31. The number of hydrogen-bond donors (Lipinski definition) is 0. The number of hydrogen-bond acceptors (Lipinski definition) is 3. The van der Waals surface area contributed by atoms with Gasteiger partial charge >= 0.3 is 5.97 Å². The van der Waals surface area contributed by atoms with Gasteiger partial charge in [0.05, 0.1) is 5.92 Å². The van der Waals surface area contributed by atoms with E-state index in [4.69, 9.17) is 4.74 Å². The summed E-state index contributed by atoms with van der Waals surface area (Å²) in [6.07, 6.45) is 1.52. The first-order chi connectivity index (χ1) is 8.66. The maximum absolute atomic E-state index is 11.8. The molecule has 2 aliphatic carbocycles. The molecule has 0 bridgehead atoms. The van der Waals surface area contributed by atoms with Crippen LogP contribution >= 0.6 is 0 Å². The molecule has 0 saturated heterocycles. The zero-order valence-corrected chi connectivity index (χ0v) is 10.4. The van der Waals surface area contributed by atoms with Gasteiger partial charge in [0.15, 0.2) is 0 Å². The number of fused-ring (bicyclic) bond motifs is 1. The van der Waals surface area contributed by atoms with Gasteiger partial charge in [-0.3, -0.25) is 9.59 Å². The largest absolute Gasteiger partial charge is 0.461 e. The molecule has 0 aromatic heterocycles. The Balaban J connectivity index is 1.54. The van der Waals surface area contributed by atoms with E-state index >= 15 is 0 Å². The SMILES string of the molecule is Cc1ccc(COC(=O)[C@H]2[C@@H]3CCC(=O)[C@@H]32)cc1. The summed E-state index contributed by atoms with van der Waals surface area (Å²) in [4.78, 5) is 23.3. The van der Waals surface area contributed by atoms with Crippen LogP contribution in [-0.2, 0) is 20.9 Å². The van der Waals surface area contributed by atoms with E-state index in [0.717, 1.165) is 12.0 Å². The number of carbonyl (C=O) groups is 2. The average Bonchev–Trinajstić information content (AvgIpc) is 2.99. The molecule has 3 nitrogen and oxygen atoms in total. The summed E-state index contributed by atoms with van der Waals surface area (Å²) in [6.45, 7) is 2.33. The Morgan fingerprint density at radius 1 is 1.33 bits per heavy atom. The molecule has 94 valence electrons. The van der Waals surface area contributed by atoms with Crippen LogP contribution in [0, 0.1) is 24.7 Å². The fraction of sp³-hybridized carbons (Fsp3) is 0.467. The van der Waals surface area contributed by atoms with Crippen LogP contribution in [0.3, 0.4) is 0 Å². The molecule has 1 aromatic carbocycles. The monoisotopic (exact) mass is 244 g/mol. The lowest BCUT2D eigenvalue weighted by molar-refractivity contribution is -0.148. The smallest absolute Gasteiger partial charge is 0.310 e. The Labute approximate surface area is 106 Å². The summed E-state index contributed by atoms with van der Waals surface area (Å²) >= 11 is 0. The highest BCUT2D eigenvalue weighted by molar-refractivity contribution is 5.94. The molecule has 0 spiro atoms. The van der Waals surface area contributed by atoms with Crippen LogP contribution in [0.4, 0.5) is 0 Å². The van der Waals surface area contributed by atoms with Gasteiger partial charge in [0.2, 0.25) is 0 Å². The van der Waals surface area contributed by atoms with E-state index in [1.807, 2.05) is 31.2 Å². The zero-order valence-electron chi connectivity index (χ0n) is 10.4. The van der Waals surface area contributed by atoms with E-state index < -0.39 is 0 Å². The fourth-order valence-electron chi connectivity index (χ4n) is 2.90. The standard InChI is InChI=1S/C15H16O3/c1-9-2-4-10(5-3-9)8-18-15(17)14-11-6-7-12(16)13(11)14/h2-5,11,13-14H,6-8H2,1H3/t11-,13-,14+/m1/s1. The molecular formula is C15H16O3. The number of benzene rings is 1. The van der Waals surface area contributed by atoms with Crippen LogP contribution in [0.25, 0.3) is 0 Å². The van der Waals surface area contributed by atoms with Gasteiger partial charge in [0.25, 0.3) is 0 Å². The van der Waals surface area contributed by atoms with E-state index in [2.05, 4.69) is 0 Å². The first-order valence-electron chi connectivity index (χ1n) is 6.42. The topological polar surface area (TPSA) is 43.4 Å². The molecule has 0 unspecified atom stereocenters. The van der Waals surface area contributed by atoms with Gasteiger partial charge in [-0.15, -0.1) is 0 Å². The van der Waals surface area contributed by atoms with Crippen LogP contribution in [0.1, 0.15) is 24.0 Å². The summed E-state index contributed by atoms with van der Waals surface area (Å²) in [5, 5.41) is 0. The minimum absolute atomic E-state index is 0.0180. The Kier molecular flexibility index (Phi) is 2.69. The van der Waals surface area contributed by atoms with Crippen LogP contribution < -0.4 is 0 Å². The Bertz CT molecular complexity index is 489. The molecule has 3 atom stereocenters. The molecule has 2 fully saturated rings. The van der Waals surface area contributed by atoms with E-state index in [1.54, 1.807) is 0 Å². The van der Waals surface area contributed by atoms with Crippen molar-refractivity contribution in [2.75, 3.05) is 0 Å². The summed E-state index contributed by atoms with van der Waals surface area (Å²) in [6, 6.07) is 7.92. The average molecular weight is 244 g/mol. The first-order valence-corrected chi connectivity index (χ1v) is 6.42. The fourth-order valence-corrected chi connectivity index (χ4v) is 2.90. The number of ketones is 1. The van der Waals surface area contributed by atoms with Crippen molar-refractivity contribution < 1.29 is 14.3 Å². The molecule has 3 rings (SSSR count). The molecule has 1 aromatic rings. The molecule has 0 aliphatic heterocycles. The number of Topliss-reactive ketones (excluding diaryl/α,β-unsaturated/α-hetero) is 1. The molecule has 0 amide bonds. The third kappa shape index (κ3) is 1.94. The van der Waals surface area contributed by atoms with Crippen molar-refractivity contribution >= 4 is 11.8 Å². The molecule has 2 saturated carbocycles. The van der Waals surface area contributed by atoms with Crippen molar-refractivity contribution in [2.45, 2.75) is 26.4 Å². The van der Waals surface area contributed by atoms with Gasteiger partial charge in [-0.2, -0.15) is 0 Å². The maximum Gasteiger partial charge on any atom is 0.310 e. The van der Waals surface area contributed by atoms with E-state index in [1.165, 1.54) is 5.56 Å². The summed E-state index contributed by atoms with van der Waals surface area (Å²) in [7, 11) is 0. The highest BCUT2D eigenvalue weighted by Gasteiger charge is 2.62. The Hall–Kier alpha value is -1.64. The van der Waals surface area contributed by atoms with Gasteiger partial charge in [-0.05, 0) is 24.8 Å². The van der Waals surface area contributed by atoms with E-state index in [-0.39, 0.29) is 29.5 Å². The van der Waals surface area contributed by atoms with Gasteiger partial charge in [-0.1, -0.05) is 29.8 Å². The minimum atomic E-state index is -0.196. The molecule has 0 N–H and O–H groups in total. The lowest BCUT2D eigenvalue weighted by Crippen LogP contribution is -2.13. The van der Waals surface area contributed by atoms with Gasteiger partial charge in [0, 0.05) is 12.3 Å². The normalized spacial score (nSPS) is 28.9. The van der Waals surface area contributed by atoms with Crippen LogP contribution in [0.5, 0.6) is 0 Å². The van der Waals surface area contributed by atoms with Crippen LogP contribution in [-0.4, -0.2) is 11.8 Å². The van der Waals surface area contributed by atoms with Gasteiger partial charge in [-0.25, -0.2) is 0 Å². The van der Waals surface area contributed by atoms with Crippen molar-refractivity contribution in [3.8, 4) is 0 Å². The Morgan fingerprint density at radius 3 is 2.67 bits per heavy atom. The number of rotatable bonds is 3. The highest BCUT2D eigenvalue weighted by Crippen LogP contribution is 2.55. The van der Waals surface area contributed by atoms with Crippen molar-refractivity contribution in [3.63, 3.8) is 0 Å². The lowest BCUT2D eigenvalue weighted by atomic mass is 10.1. The van der Waals surface area contributed by atoms with Crippen molar-refractivity contribution in [3.05, 3.63) is 35.4 Å². The number of ether oxygens (including phenoxy) is 1. The van der Waals surface area contributed by atoms with E-state index in [9.17, 15) is 9.59 Å². The van der Waals surface area contributed by atoms with Gasteiger partial charge < -0.3 is 4.74 Å². The second-order valence-electron chi connectivity index (χ2n) is 5.31. The highest BCUT2D eigenvalue weighted by atomic mass is 16.5. The lowest BCUT2D eigenvalue weighted by Gasteiger charge is -2.06. The molecule has 18 heavy (non-hydrogen) atoms. The number of aryl methyl sites for hydroxylation is 1. The van der Waals surface area contributed by atoms with Crippen LogP contribution in [0.2, 0.25) is 0 Å². The third-order valence-corrected chi connectivity index (χ3v) is 4.04. The van der Waals surface area contributed by atoms with Gasteiger partial charge in [0.1, 0.15) is 12.4 Å². The third-order valence-electron chi connectivity index (χ3n) is 4.04. The van der Waals surface area contributed by atoms with Crippen molar-refractivity contribution in [1.29, 1.82) is 0 Å². The molecule has 2 aliphatic rings. The van der Waals surface area contributed by atoms with Crippen molar-refractivity contribution in [1.82, 2.24) is 0 Å². The summed E-state index contributed by atoms with van der Waals surface area (Å²) in [5.41, 5.74) is 2.18. The van der Waals surface area contributed by atoms with Crippen LogP contribution in [0.15, 0.2) is 24.3 Å².